The summed E-state index contributed by atoms with van der Waals surface area (Å²) in [5.41, 5.74) is -0.430. The number of para-hydroxylation sites is 1. The lowest BCUT2D eigenvalue weighted by Gasteiger charge is -2.43. The van der Waals surface area contributed by atoms with Crippen LogP contribution in [0.5, 0.6) is 0 Å². The lowest BCUT2D eigenvalue weighted by Crippen LogP contribution is -2.62. The number of benzene rings is 1. The Kier molecular flexibility index (Phi) is 2.59. The third-order valence-corrected chi connectivity index (χ3v) is 2.76. The van der Waals surface area contributed by atoms with Gasteiger partial charge in [-0.3, -0.25) is 4.90 Å². The van der Waals surface area contributed by atoms with Gasteiger partial charge in [0.05, 0.1) is 0 Å². The molecule has 1 fully saturated rings. The molecule has 0 radical (unpaired) electrons. The van der Waals surface area contributed by atoms with Gasteiger partial charge in [0.15, 0.2) is 0 Å². The molecular formula is C12H16N2O2. The third-order valence-electron chi connectivity index (χ3n) is 2.76. The SMILES string of the molecule is C[C@H]1C[C@](C)(O)N(c2ccccc2)C(=O)N1. The van der Waals surface area contributed by atoms with E-state index in [-0.39, 0.29) is 12.1 Å². The average molecular weight is 220 g/mol. The van der Waals surface area contributed by atoms with E-state index >= 15 is 0 Å². The van der Waals surface area contributed by atoms with Gasteiger partial charge in [-0.2, -0.15) is 0 Å². The van der Waals surface area contributed by atoms with Gasteiger partial charge in [0.1, 0.15) is 5.72 Å². The Morgan fingerprint density at radius 1 is 1.44 bits per heavy atom. The van der Waals surface area contributed by atoms with E-state index in [4.69, 9.17) is 0 Å². The van der Waals surface area contributed by atoms with Crippen LogP contribution in [0.4, 0.5) is 10.5 Å². The number of hydrogen-bond donors (Lipinski definition) is 2. The topological polar surface area (TPSA) is 52.6 Å². The average Bonchev–Trinajstić information content (AvgIpc) is 2.15. The Hall–Kier alpha value is -1.55. The zero-order chi connectivity index (χ0) is 11.8. The van der Waals surface area contributed by atoms with Gasteiger partial charge in [-0.05, 0) is 26.0 Å². The number of rotatable bonds is 1. The fourth-order valence-corrected chi connectivity index (χ4v) is 2.19. The van der Waals surface area contributed by atoms with Gasteiger partial charge in [-0.1, -0.05) is 18.2 Å². The van der Waals surface area contributed by atoms with Gasteiger partial charge in [-0.15, -0.1) is 0 Å². The molecule has 0 unspecified atom stereocenters. The second-order valence-electron chi connectivity index (χ2n) is 4.44. The van der Waals surface area contributed by atoms with Crippen LogP contribution < -0.4 is 10.2 Å². The summed E-state index contributed by atoms with van der Waals surface area (Å²) in [7, 11) is 0. The van der Waals surface area contributed by atoms with Crippen LogP contribution in [0.15, 0.2) is 30.3 Å². The Balaban J connectivity index is 2.35. The summed E-state index contributed by atoms with van der Waals surface area (Å²) in [5.74, 6) is 0. The third kappa shape index (κ3) is 1.88. The van der Waals surface area contributed by atoms with E-state index in [0.717, 1.165) is 0 Å². The number of carbonyl (C=O) groups is 1. The lowest BCUT2D eigenvalue weighted by atomic mass is 10.0. The Bertz CT molecular complexity index is 389. The van der Waals surface area contributed by atoms with Gasteiger partial charge >= 0.3 is 6.03 Å². The molecule has 2 N–H and O–H groups in total. The molecule has 2 amide bonds. The highest BCUT2D eigenvalue weighted by Crippen LogP contribution is 2.28. The maximum Gasteiger partial charge on any atom is 0.324 e. The number of amides is 2. The number of aliphatic hydroxyl groups is 1. The molecule has 1 aliphatic rings. The standard InChI is InChI=1S/C12H16N2O2/c1-9-8-12(2,16)14(11(15)13-9)10-6-4-3-5-7-10/h3-7,9,16H,8H2,1-2H3,(H,13,15)/t9-,12-/m0/s1. The van der Waals surface area contributed by atoms with Gasteiger partial charge < -0.3 is 10.4 Å². The first-order valence-electron chi connectivity index (χ1n) is 5.39. The van der Waals surface area contributed by atoms with Gasteiger partial charge in [0, 0.05) is 18.2 Å². The molecule has 2 rings (SSSR count). The van der Waals surface area contributed by atoms with Crippen molar-refractivity contribution in [1.29, 1.82) is 0 Å². The van der Waals surface area contributed by atoms with Crippen molar-refractivity contribution in [2.75, 3.05) is 4.90 Å². The number of nitrogens with one attached hydrogen (secondary N) is 1. The van der Waals surface area contributed by atoms with E-state index < -0.39 is 5.72 Å². The smallest absolute Gasteiger partial charge is 0.324 e. The van der Waals surface area contributed by atoms with Crippen molar-refractivity contribution in [1.82, 2.24) is 5.32 Å². The number of nitrogens with zero attached hydrogens (tertiary/aromatic N) is 1. The van der Waals surface area contributed by atoms with Crippen LogP contribution in [0.3, 0.4) is 0 Å². The zero-order valence-electron chi connectivity index (χ0n) is 9.47. The fraction of sp³-hybridized carbons (Fsp3) is 0.417. The van der Waals surface area contributed by atoms with Crippen molar-refractivity contribution in [3.63, 3.8) is 0 Å². The van der Waals surface area contributed by atoms with Crippen LogP contribution in [0.2, 0.25) is 0 Å². The molecule has 1 aromatic carbocycles. The molecule has 1 heterocycles. The van der Waals surface area contributed by atoms with Crippen LogP contribution in [0.1, 0.15) is 20.3 Å². The van der Waals surface area contributed by atoms with Crippen LogP contribution in [0.25, 0.3) is 0 Å². The number of anilines is 1. The molecule has 16 heavy (non-hydrogen) atoms. The maximum absolute atomic E-state index is 11.9. The second-order valence-corrected chi connectivity index (χ2v) is 4.44. The van der Waals surface area contributed by atoms with E-state index in [2.05, 4.69) is 5.32 Å². The molecule has 0 saturated carbocycles. The van der Waals surface area contributed by atoms with E-state index in [1.807, 2.05) is 37.3 Å². The molecule has 0 bridgehead atoms. The summed E-state index contributed by atoms with van der Waals surface area (Å²) >= 11 is 0. The molecule has 4 nitrogen and oxygen atoms in total. The molecule has 1 saturated heterocycles. The molecular weight excluding hydrogens is 204 g/mol. The number of carbonyl (C=O) groups excluding carboxylic acids is 1. The summed E-state index contributed by atoms with van der Waals surface area (Å²) in [6.07, 6.45) is 0.508. The largest absolute Gasteiger partial charge is 0.371 e. The van der Waals surface area contributed by atoms with Crippen LogP contribution in [-0.2, 0) is 0 Å². The minimum absolute atomic E-state index is 0.0116. The van der Waals surface area contributed by atoms with E-state index in [1.54, 1.807) is 6.92 Å². The molecule has 0 spiro atoms. The van der Waals surface area contributed by atoms with Crippen molar-refractivity contribution in [3.8, 4) is 0 Å². The van der Waals surface area contributed by atoms with Gasteiger partial charge in [-0.25, -0.2) is 4.79 Å². The quantitative estimate of drug-likeness (QED) is 0.757. The van der Waals surface area contributed by atoms with Gasteiger partial charge in [0.2, 0.25) is 0 Å². The first-order valence-corrected chi connectivity index (χ1v) is 5.39. The first-order chi connectivity index (χ1) is 7.50. The highest BCUT2D eigenvalue weighted by molar-refractivity contribution is 5.94. The predicted octanol–water partition coefficient (Wildman–Crippen LogP) is 1.70. The van der Waals surface area contributed by atoms with E-state index in [0.29, 0.717) is 12.1 Å². The Morgan fingerprint density at radius 3 is 2.62 bits per heavy atom. The monoisotopic (exact) mass is 220 g/mol. The summed E-state index contributed by atoms with van der Waals surface area (Å²) < 4.78 is 0. The van der Waals surface area contributed by atoms with Crippen molar-refractivity contribution in [2.24, 2.45) is 0 Å². The molecule has 86 valence electrons. The summed E-state index contributed by atoms with van der Waals surface area (Å²) in [6.45, 7) is 3.55. The summed E-state index contributed by atoms with van der Waals surface area (Å²) in [6, 6.07) is 8.92. The minimum Gasteiger partial charge on any atom is -0.371 e. The number of urea groups is 1. The maximum atomic E-state index is 11.9. The van der Waals surface area contributed by atoms with E-state index in [9.17, 15) is 9.90 Å². The fourth-order valence-electron chi connectivity index (χ4n) is 2.19. The predicted molar refractivity (Wildman–Crippen MR) is 62.2 cm³/mol. The van der Waals surface area contributed by atoms with E-state index in [1.165, 1.54) is 4.90 Å². The molecule has 4 heteroatoms. The Morgan fingerprint density at radius 2 is 2.06 bits per heavy atom. The van der Waals surface area contributed by atoms with Crippen molar-refractivity contribution >= 4 is 11.7 Å². The van der Waals surface area contributed by atoms with Crippen molar-refractivity contribution in [3.05, 3.63) is 30.3 Å². The molecule has 1 aliphatic heterocycles. The summed E-state index contributed by atoms with van der Waals surface area (Å²) in [5, 5.41) is 13.1. The minimum atomic E-state index is -1.14. The molecule has 2 atom stereocenters. The molecule has 0 aromatic heterocycles. The Labute approximate surface area is 94.9 Å². The normalized spacial score (nSPS) is 30.1. The second kappa shape index (κ2) is 3.79. The van der Waals surface area contributed by atoms with Crippen LogP contribution in [-0.4, -0.2) is 22.9 Å². The highest BCUT2D eigenvalue weighted by atomic mass is 16.3. The zero-order valence-corrected chi connectivity index (χ0v) is 9.47. The molecule has 1 aromatic rings. The van der Waals surface area contributed by atoms with Gasteiger partial charge in [0.25, 0.3) is 0 Å². The van der Waals surface area contributed by atoms with Crippen molar-refractivity contribution in [2.45, 2.75) is 32.0 Å². The van der Waals surface area contributed by atoms with Crippen LogP contribution in [0, 0.1) is 0 Å². The van der Waals surface area contributed by atoms with Crippen LogP contribution >= 0.6 is 0 Å². The number of hydrogen-bond acceptors (Lipinski definition) is 2. The lowest BCUT2D eigenvalue weighted by molar-refractivity contribution is 0.0344. The highest BCUT2D eigenvalue weighted by Gasteiger charge is 2.40. The first kappa shape index (κ1) is 11.0. The van der Waals surface area contributed by atoms with Crippen molar-refractivity contribution < 1.29 is 9.90 Å². The molecule has 0 aliphatic carbocycles. The summed E-state index contributed by atoms with van der Waals surface area (Å²) in [4.78, 5) is 13.3.